The fourth-order valence-electron chi connectivity index (χ4n) is 4.64. The van der Waals surface area contributed by atoms with E-state index in [0.717, 1.165) is 26.2 Å². The maximum absolute atomic E-state index is 14.2. The lowest BCUT2D eigenvalue weighted by Crippen LogP contribution is -2.56. The molecule has 2 amide bonds. The smallest absolute Gasteiger partial charge is 0.244 e. The van der Waals surface area contributed by atoms with Crippen LogP contribution in [-0.4, -0.2) is 62.7 Å². The molecule has 0 fully saturated rings. The molecular weight excluding hydrogens is 622 g/mol. The zero-order valence-electron chi connectivity index (χ0n) is 24.2. The Morgan fingerprint density at radius 1 is 0.929 bits per heavy atom. The summed E-state index contributed by atoms with van der Waals surface area (Å²) in [5.41, 5.74) is 1.35. The van der Waals surface area contributed by atoms with Crippen molar-refractivity contribution in [2.45, 2.75) is 45.3 Å². The van der Waals surface area contributed by atoms with E-state index >= 15 is 0 Å². The Morgan fingerprint density at radius 3 is 2.24 bits per heavy atom. The third kappa shape index (κ3) is 8.48. The second-order valence-electron chi connectivity index (χ2n) is 11.2. The summed E-state index contributed by atoms with van der Waals surface area (Å²) in [6.45, 7) is 5.92. The SMILES string of the molecule is CC(C)(C)NC(=O)[C@@H](Cc1ccccc1)N(Cc1cccc(Br)c1)C(=O)CN(c1ccc2c(c1)OCCO2)S(C)(=O)=O. The number of fused-ring (bicyclic) bond motifs is 1. The number of halogens is 1. The predicted molar refractivity (Wildman–Crippen MR) is 166 cm³/mol. The number of amides is 2. The molecule has 0 saturated carbocycles. The van der Waals surface area contributed by atoms with Gasteiger partial charge in [-0.05, 0) is 56.2 Å². The van der Waals surface area contributed by atoms with Crippen LogP contribution in [-0.2, 0) is 32.6 Å². The molecule has 9 nitrogen and oxygen atoms in total. The molecule has 11 heteroatoms. The number of rotatable bonds is 10. The number of carbonyl (C=O) groups excluding carboxylic acids is 2. The summed E-state index contributed by atoms with van der Waals surface area (Å²) >= 11 is 3.48. The third-order valence-corrected chi connectivity index (χ3v) is 8.14. The first-order valence-corrected chi connectivity index (χ1v) is 16.2. The fourth-order valence-corrected chi connectivity index (χ4v) is 5.93. The largest absolute Gasteiger partial charge is 0.486 e. The Bertz CT molecular complexity index is 1530. The van der Waals surface area contributed by atoms with Crippen LogP contribution in [0.15, 0.2) is 77.3 Å². The van der Waals surface area contributed by atoms with E-state index in [-0.39, 0.29) is 24.6 Å². The van der Waals surface area contributed by atoms with Crippen LogP contribution < -0.4 is 19.1 Å². The number of benzene rings is 3. The predicted octanol–water partition coefficient (Wildman–Crippen LogP) is 4.54. The highest BCUT2D eigenvalue weighted by Gasteiger charge is 2.34. The van der Waals surface area contributed by atoms with Crippen molar-refractivity contribution in [3.05, 3.63) is 88.4 Å². The standard InChI is InChI=1S/C31H36BrN3O6S/c1-31(2,3)33-30(37)26(18-22-9-6-5-7-10-22)34(20-23-11-8-12-24(32)17-23)29(36)21-35(42(4,38)39)25-13-14-27-28(19-25)41-16-15-40-27/h5-14,17,19,26H,15-16,18,20-21H2,1-4H3,(H,33,37)/t26-/m1/s1. The first-order valence-electron chi connectivity index (χ1n) is 13.6. The van der Waals surface area contributed by atoms with Crippen molar-refractivity contribution in [3.63, 3.8) is 0 Å². The van der Waals surface area contributed by atoms with Crippen molar-refractivity contribution < 1.29 is 27.5 Å². The van der Waals surface area contributed by atoms with Crippen LogP contribution in [0.4, 0.5) is 5.69 Å². The lowest BCUT2D eigenvalue weighted by molar-refractivity contribution is -0.140. The van der Waals surface area contributed by atoms with Gasteiger partial charge >= 0.3 is 0 Å². The van der Waals surface area contributed by atoms with Crippen LogP contribution in [0.1, 0.15) is 31.9 Å². The van der Waals surface area contributed by atoms with E-state index in [4.69, 9.17) is 9.47 Å². The molecule has 42 heavy (non-hydrogen) atoms. The molecule has 1 heterocycles. The number of anilines is 1. The molecular formula is C31H36BrN3O6S. The number of nitrogens with zero attached hydrogens (tertiary/aromatic N) is 2. The zero-order chi connectivity index (χ0) is 30.5. The molecule has 1 atom stereocenters. The minimum Gasteiger partial charge on any atom is -0.486 e. The fraction of sp³-hybridized carbons (Fsp3) is 0.355. The molecule has 3 aromatic rings. The van der Waals surface area contributed by atoms with Gasteiger partial charge in [0, 0.05) is 29.0 Å². The summed E-state index contributed by atoms with van der Waals surface area (Å²) in [7, 11) is -3.90. The molecule has 1 aliphatic rings. The Morgan fingerprint density at radius 2 is 1.60 bits per heavy atom. The number of hydrogen-bond acceptors (Lipinski definition) is 6. The van der Waals surface area contributed by atoms with Crippen LogP contribution in [0.5, 0.6) is 11.5 Å². The summed E-state index contributed by atoms with van der Waals surface area (Å²) in [6, 6.07) is 20.7. The summed E-state index contributed by atoms with van der Waals surface area (Å²) in [5, 5.41) is 3.02. The topological polar surface area (TPSA) is 105 Å². The van der Waals surface area contributed by atoms with E-state index < -0.39 is 34.1 Å². The lowest BCUT2D eigenvalue weighted by Gasteiger charge is -2.35. The molecule has 1 aliphatic heterocycles. The van der Waals surface area contributed by atoms with Gasteiger partial charge in [-0.2, -0.15) is 0 Å². The number of hydrogen-bond donors (Lipinski definition) is 1. The highest BCUT2D eigenvalue weighted by Crippen LogP contribution is 2.35. The maximum atomic E-state index is 14.2. The second-order valence-corrected chi connectivity index (χ2v) is 14.0. The van der Waals surface area contributed by atoms with E-state index in [0.29, 0.717) is 24.7 Å². The number of ether oxygens (including phenoxy) is 2. The second kappa shape index (κ2) is 13.2. The highest BCUT2D eigenvalue weighted by atomic mass is 79.9. The van der Waals surface area contributed by atoms with Crippen molar-refractivity contribution in [1.29, 1.82) is 0 Å². The van der Waals surface area contributed by atoms with Gasteiger partial charge in [-0.1, -0.05) is 58.4 Å². The van der Waals surface area contributed by atoms with Crippen molar-refractivity contribution in [3.8, 4) is 11.5 Å². The molecule has 1 N–H and O–H groups in total. The number of nitrogens with one attached hydrogen (secondary N) is 1. The van der Waals surface area contributed by atoms with Gasteiger partial charge in [0.25, 0.3) is 0 Å². The van der Waals surface area contributed by atoms with Crippen LogP contribution >= 0.6 is 15.9 Å². The monoisotopic (exact) mass is 657 g/mol. The summed E-state index contributed by atoms with van der Waals surface area (Å²) in [4.78, 5) is 29.5. The molecule has 0 spiro atoms. The van der Waals surface area contributed by atoms with Crippen LogP contribution in [0.25, 0.3) is 0 Å². The first-order chi connectivity index (χ1) is 19.8. The van der Waals surface area contributed by atoms with E-state index in [1.807, 2.05) is 75.4 Å². The Hall–Kier alpha value is -3.57. The van der Waals surface area contributed by atoms with Gasteiger partial charge in [-0.15, -0.1) is 0 Å². The third-order valence-electron chi connectivity index (χ3n) is 6.50. The van der Waals surface area contributed by atoms with E-state index in [1.54, 1.807) is 18.2 Å². The summed E-state index contributed by atoms with van der Waals surface area (Å²) in [6.07, 6.45) is 1.29. The molecule has 0 unspecified atom stereocenters. The van der Waals surface area contributed by atoms with E-state index in [9.17, 15) is 18.0 Å². The Balaban J connectivity index is 1.74. The highest BCUT2D eigenvalue weighted by molar-refractivity contribution is 9.10. The van der Waals surface area contributed by atoms with Gasteiger partial charge < -0.3 is 19.7 Å². The molecule has 0 radical (unpaired) electrons. The van der Waals surface area contributed by atoms with Gasteiger partial charge in [0.15, 0.2) is 11.5 Å². The number of sulfonamides is 1. The molecule has 0 bridgehead atoms. The zero-order valence-corrected chi connectivity index (χ0v) is 26.6. The summed E-state index contributed by atoms with van der Waals surface area (Å²) in [5.74, 6) is 0.0420. The Kier molecular flexibility index (Phi) is 9.83. The lowest BCUT2D eigenvalue weighted by atomic mass is 10.0. The normalized spacial score (nSPS) is 13.6. The molecule has 0 aliphatic carbocycles. The molecule has 0 aromatic heterocycles. The minimum atomic E-state index is -3.90. The molecule has 3 aromatic carbocycles. The average molecular weight is 659 g/mol. The Labute approximate surface area is 256 Å². The molecule has 4 rings (SSSR count). The quantitative estimate of drug-likeness (QED) is 0.343. The van der Waals surface area contributed by atoms with Crippen LogP contribution in [0.3, 0.4) is 0 Å². The number of carbonyl (C=O) groups is 2. The molecule has 0 saturated heterocycles. The minimum absolute atomic E-state index is 0.0894. The van der Waals surface area contributed by atoms with E-state index in [2.05, 4.69) is 21.2 Å². The van der Waals surface area contributed by atoms with Gasteiger partial charge in [0.2, 0.25) is 21.8 Å². The van der Waals surface area contributed by atoms with Crippen molar-refractivity contribution in [2.75, 3.05) is 30.3 Å². The van der Waals surface area contributed by atoms with Crippen LogP contribution in [0.2, 0.25) is 0 Å². The summed E-state index contributed by atoms with van der Waals surface area (Å²) < 4.78 is 39.2. The van der Waals surface area contributed by atoms with Crippen molar-refractivity contribution >= 4 is 43.5 Å². The van der Waals surface area contributed by atoms with Crippen LogP contribution in [0, 0.1) is 0 Å². The van der Waals surface area contributed by atoms with E-state index in [1.165, 1.54) is 4.90 Å². The van der Waals surface area contributed by atoms with Gasteiger partial charge in [-0.3, -0.25) is 13.9 Å². The molecule has 224 valence electrons. The maximum Gasteiger partial charge on any atom is 0.244 e. The first kappa shape index (κ1) is 31.4. The van der Waals surface area contributed by atoms with Crippen molar-refractivity contribution in [2.24, 2.45) is 0 Å². The van der Waals surface area contributed by atoms with Gasteiger partial charge in [-0.25, -0.2) is 8.42 Å². The average Bonchev–Trinajstić information content (AvgIpc) is 2.92. The van der Waals surface area contributed by atoms with Crippen molar-refractivity contribution in [1.82, 2.24) is 10.2 Å². The van der Waals surface area contributed by atoms with Gasteiger partial charge in [0.05, 0.1) is 11.9 Å². The van der Waals surface area contributed by atoms with Gasteiger partial charge in [0.1, 0.15) is 25.8 Å².